The number of halogens is 2. The minimum atomic E-state index is -0.824. The van der Waals surface area contributed by atoms with Crippen LogP contribution in [0.25, 0.3) is 0 Å². The number of nitrogens with one attached hydrogen (secondary N) is 1. The molecule has 0 aromatic heterocycles. The lowest BCUT2D eigenvalue weighted by atomic mass is 10.2. The molecule has 0 aliphatic carbocycles. The van der Waals surface area contributed by atoms with E-state index in [9.17, 15) is 9.59 Å². The number of alkyl carbamates (subject to hydrolysis) is 1. The Labute approximate surface area is 150 Å². The zero-order chi connectivity index (χ0) is 15.9. The Morgan fingerprint density at radius 2 is 2.26 bits per heavy atom. The molecule has 0 radical (unpaired) electrons. The van der Waals surface area contributed by atoms with Gasteiger partial charge in [-0.1, -0.05) is 23.7 Å². The third kappa shape index (κ3) is 6.47. The van der Waals surface area contributed by atoms with Gasteiger partial charge in [-0.25, -0.2) is 4.79 Å². The molecule has 128 valence electrons. The molecular formula is C14H19Cl2N3O3S. The molecule has 0 bridgehead atoms. The summed E-state index contributed by atoms with van der Waals surface area (Å²) in [6.45, 7) is 0.852. The van der Waals surface area contributed by atoms with Gasteiger partial charge in [0.25, 0.3) is 0 Å². The van der Waals surface area contributed by atoms with Crippen molar-refractivity contribution in [3.63, 3.8) is 0 Å². The van der Waals surface area contributed by atoms with Crippen molar-refractivity contribution in [2.45, 2.75) is 12.6 Å². The van der Waals surface area contributed by atoms with Crippen LogP contribution in [0.15, 0.2) is 24.3 Å². The van der Waals surface area contributed by atoms with E-state index in [1.165, 1.54) is 0 Å². The van der Waals surface area contributed by atoms with Crippen molar-refractivity contribution in [1.29, 1.82) is 0 Å². The number of hydrogen-bond donors (Lipinski definition) is 2. The Bertz CT molecular complexity index is 542. The largest absolute Gasteiger partial charge is 0.447 e. The number of thioether (sulfide) groups is 1. The van der Waals surface area contributed by atoms with E-state index >= 15 is 0 Å². The number of rotatable bonds is 5. The van der Waals surface area contributed by atoms with Gasteiger partial charge >= 0.3 is 6.09 Å². The Morgan fingerprint density at radius 3 is 2.91 bits per heavy atom. The van der Waals surface area contributed by atoms with Crippen molar-refractivity contribution in [2.24, 2.45) is 5.73 Å². The normalized spacial score (nSPS) is 14.8. The number of amides is 2. The van der Waals surface area contributed by atoms with Crippen molar-refractivity contribution in [3.8, 4) is 0 Å². The predicted molar refractivity (Wildman–Crippen MR) is 93.9 cm³/mol. The highest BCUT2D eigenvalue weighted by Crippen LogP contribution is 2.14. The molecule has 0 saturated carbocycles. The van der Waals surface area contributed by atoms with Crippen LogP contribution in [0.2, 0.25) is 5.02 Å². The van der Waals surface area contributed by atoms with Gasteiger partial charge in [0.2, 0.25) is 5.91 Å². The number of carbonyl (C=O) groups excluding carboxylic acids is 2. The SMILES string of the molecule is Cl.N[C@@H](COC(=O)NCc1cccc(Cl)c1)C(=O)N1CCSC1. The molecule has 1 aliphatic heterocycles. The van der Waals surface area contributed by atoms with E-state index in [0.717, 1.165) is 11.3 Å². The van der Waals surface area contributed by atoms with E-state index < -0.39 is 12.1 Å². The van der Waals surface area contributed by atoms with Gasteiger partial charge in [0.05, 0.1) is 5.88 Å². The van der Waals surface area contributed by atoms with E-state index in [4.69, 9.17) is 22.1 Å². The molecular weight excluding hydrogens is 361 g/mol. The summed E-state index contributed by atoms with van der Waals surface area (Å²) in [4.78, 5) is 25.2. The van der Waals surface area contributed by atoms with E-state index in [2.05, 4.69) is 5.32 Å². The first-order valence-electron chi connectivity index (χ1n) is 6.83. The zero-order valence-corrected chi connectivity index (χ0v) is 14.8. The number of benzene rings is 1. The molecule has 2 rings (SSSR count). The summed E-state index contributed by atoms with van der Waals surface area (Å²) in [5.41, 5.74) is 6.61. The van der Waals surface area contributed by atoms with E-state index in [1.54, 1.807) is 34.9 Å². The topological polar surface area (TPSA) is 84.7 Å². The first-order valence-corrected chi connectivity index (χ1v) is 8.36. The van der Waals surface area contributed by atoms with Crippen LogP contribution in [0.5, 0.6) is 0 Å². The highest BCUT2D eigenvalue weighted by atomic mass is 35.5. The van der Waals surface area contributed by atoms with Gasteiger partial charge in [-0.3, -0.25) is 4.79 Å². The van der Waals surface area contributed by atoms with Crippen molar-refractivity contribution < 1.29 is 14.3 Å². The van der Waals surface area contributed by atoms with Crippen LogP contribution in [-0.2, 0) is 16.1 Å². The highest BCUT2D eigenvalue weighted by Gasteiger charge is 2.24. The van der Waals surface area contributed by atoms with Crippen molar-refractivity contribution in [3.05, 3.63) is 34.9 Å². The average molecular weight is 380 g/mol. The first-order chi connectivity index (χ1) is 10.6. The molecule has 23 heavy (non-hydrogen) atoms. The van der Waals surface area contributed by atoms with Gasteiger partial charge in [-0.2, -0.15) is 0 Å². The van der Waals surface area contributed by atoms with Crippen LogP contribution in [0.1, 0.15) is 5.56 Å². The van der Waals surface area contributed by atoms with Gasteiger partial charge in [0, 0.05) is 23.9 Å². The molecule has 1 aliphatic rings. The molecule has 1 aromatic rings. The summed E-state index contributed by atoms with van der Waals surface area (Å²) in [6, 6.07) is 6.32. The molecule has 1 atom stereocenters. The number of ether oxygens (including phenoxy) is 1. The molecule has 0 unspecified atom stereocenters. The molecule has 0 spiro atoms. The summed E-state index contributed by atoms with van der Waals surface area (Å²) < 4.78 is 4.97. The number of hydrogen-bond acceptors (Lipinski definition) is 5. The summed E-state index contributed by atoms with van der Waals surface area (Å²) in [5, 5.41) is 3.19. The van der Waals surface area contributed by atoms with Gasteiger partial charge in [0.1, 0.15) is 12.6 Å². The Hall–Kier alpha value is -1.15. The number of carbonyl (C=O) groups is 2. The summed E-state index contributed by atoms with van der Waals surface area (Å²) in [6.07, 6.45) is -0.612. The van der Waals surface area contributed by atoms with Crippen LogP contribution >= 0.6 is 35.8 Å². The predicted octanol–water partition coefficient (Wildman–Crippen LogP) is 1.85. The van der Waals surface area contributed by atoms with E-state index in [-0.39, 0.29) is 24.9 Å². The number of nitrogens with two attached hydrogens (primary N) is 1. The van der Waals surface area contributed by atoms with Crippen LogP contribution in [0.4, 0.5) is 4.79 Å². The third-order valence-electron chi connectivity index (χ3n) is 3.10. The molecule has 3 N–H and O–H groups in total. The summed E-state index contributed by atoms with van der Waals surface area (Å²) in [5.74, 6) is 1.38. The van der Waals surface area contributed by atoms with Crippen molar-refractivity contribution >= 4 is 47.8 Å². The fourth-order valence-electron chi connectivity index (χ4n) is 1.93. The lowest BCUT2D eigenvalue weighted by molar-refractivity contribution is -0.131. The van der Waals surface area contributed by atoms with Gasteiger partial charge in [-0.05, 0) is 17.7 Å². The zero-order valence-electron chi connectivity index (χ0n) is 12.4. The average Bonchev–Trinajstić information content (AvgIpc) is 3.04. The molecule has 9 heteroatoms. The fraction of sp³-hybridized carbons (Fsp3) is 0.429. The smallest absolute Gasteiger partial charge is 0.407 e. The van der Waals surface area contributed by atoms with Crippen molar-refractivity contribution in [1.82, 2.24) is 10.2 Å². The van der Waals surface area contributed by atoms with Crippen LogP contribution in [0, 0.1) is 0 Å². The fourth-order valence-corrected chi connectivity index (χ4v) is 3.10. The maximum Gasteiger partial charge on any atom is 0.407 e. The minimum absolute atomic E-state index is 0. The first kappa shape index (κ1) is 19.9. The standard InChI is InChI=1S/C14H18ClN3O3S.ClH/c15-11-3-1-2-10(6-11)7-17-14(20)21-8-12(16)13(19)18-4-5-22-9-18;/h1-3,6,12H,4-5,7-9,16H2,(H,17,20);1H/t12-;/m0./s1. The quantitative estimate of drug-likeness (QED) is 0.815. The second-order valence-corrected chi connectivity index (χ2v) is 6.34. The Kier molecular flexibility index (Phi) is 8.54. The Balaban J connectivity index is 0.00000264. The molecule has 6 nitrogen and oxygen atoms in total. The molecule has 1 heterocycles. The van der Waals surface area contributed by atoms with E-state index in [0.29, 0.717) is 24.0 Å². The van der Waals surface area contributed by atoms with Crippen LogP contribution in [0.3, 0.4) is 0 Å². The van der Waals surface area contributed by atoms with Gasteiger partial charge in [0.15, 0.2) is 0 Å². The second kappa shape index (κ2) is 9.87. The molecule has 1 fully saturated rings. The Morgan fingerprint density at radius 1 is 1.48 bits per heavy atom. The van der Waals surface area contributed by atoms with Gasteiger partial charge in [-0.15, -0.1) is 24.2 Å². The van der Waals surface area contributed by atoms with Crippen molar-refractivity contribution in [2.75, 3.05) is 24.8 Å². The molecule has 1 saturated heterocycles. The maximum absolute atomic E-state index is 11.9. The van der Waals surface area contributed by atoms with Crippen LogP contribution < -0.4 is 11.1 Å². The lowest BCUT2D eigenvalue weighted by Gasteiger charge is -2.19. The van der Waals surface area contributed by atoms with Crippen LogP contribution in [-0.4, -0.2) is 47.7 Å². The van der Waals surface area contributed by atoms with Gasteiger partial charge < -0.3 is 20.7 Å². The van der Waals surface area contributed by atoms with E-state index in [1.807, 2.05) is 6.07 Å². The summed E-state index contributed by atoms with van der Waals surface area (Å²) in [7, 11) is 0. The second-order valence-electron chi connectivity index (χ2n) is 4.83. The summed E-state index contributed by atoms with van der Waals surface area (Å²) >= 11 is 7.53. The number of nitrogens with zero attached hydrogens (tertiary/aromatic N) is 1. The maximum atomic E-state index is 11.9. The lowest BCUT2D eigenvalue weighted by Crippen LogP contribution is -2.46. The monoisotopic (exact) mass is 379 g/mol. The minimum Gasteiger partial charge on any atom is -0.447 e. The molecule has 1 aromatic carbocycles. The third-order valence-corrected chi connectivity index (χ3v) is 4.30. The molecule has 2 amide bonds. The highest BCUT2D eigenvalue weighted by molar-refractivity contribution is 7.99.